The second kappa shape index (κ2) is 7.47. The van der Waals surface area contributed by atoms with Crippen molar-refractivity contribution in [1.82, 2.24) is 5.32 Å². The number of nitrogens with one attached hydrogen (secondary N) is 1. The van der Waals surface area contributed by atoms with Gasteiger partial charge in [-0.15, -0.1) is 0 Å². The van der Waals surface area contributed by atoms with Crippen molar-refractivity contribution in [2.24, 2.45) is 11.3 Å². The maximum absolute atomic E-state index is 12.0. The van der Waals surface area contributed by atoms with Gasteiger partial charge in [-0.05, 0) is 45.3 Å². The first-order valence-corrected chi connectivity index (χ1v) is 8.20. The molecule has 0 spiro atoms. The lowest BCUT2D eigenvalue weighted by Gasteiger charge is -2.38. The predicted molar refractivity (Wildman–Crippen MR) is 92.4 cm³/mol. The number of amides is 1. The van der Waals surface area contributed by atoms with Gasteiger partial charge in [0.1, 0.15) is 11.0 Å². The van der Waals surface area contributed by atoms with Crippen LogP contribution in [0.25, 0.3) is 0 Å². The van der Waals surface area contributed by atoms with Gasteiger partial charge in [-0.25, -0.2) is 9.59 Å². The second-order valence-electron chi connectivity index (χ2n) is 7.21. The van der Waals surface area contributed by atoms with Crippen molar-refractivity contribution in [3.05, 3.63) is 22.3 Å². The predicted octanol–water partition coefficient (Wildman–Crippen LogP) is 3.15. The maximum Gasteiger partial charge on any atom is 0.407 e. The van der Waals surface area contributed by atoms with Gasteiger partial charge in [-0.1, -0.05) is 18.5 Å². The van der Waals surface area contributed by atoms with Gasteiger partial charge in [0.05, 0.1) is 0 Å². The molecular formula is C17H24ClNO6. The fraction of sp³-hybridized carbons (Fsp3) is 0.588. The third-order valence-corrected chi connectivity index (χ3v) is 4.68. The number of carbonyl (C=O) groups excluding carboxylic acids is 1. The van der Waals surface area contributed by atoms with Crippen LogP contribution >= 0.6 is 11.6 Å². The number of carbonyl (C=O) groups is 3. The molecule has 140 valence electrons. The summed E-state index contributed by atoms with van der Waals surface area (Å²) in [5.74, 6) is -3.09. The Morgan fingerprint density at radius 1 is 1.36 bits per heavy atom. The summed E-state index contributed by atoms with van der Waals surface area (Å²) in [5, 5.41) is 21.7. The molecule has 1 rings (SSSR count). The zero-order valence-corrected chi connectivity index (χ0v) is 15.7. The fourth-order valence-corrected chi connectivity index (χ4v) is 3.13. The molecule has 1 unspecified atom stereocenters. The van der Waals surface area contributed by atoms with Crippen LogP contribution in [0.1, 0.15) is 41.0 Å². The molecule has 3 N–H and O–H groups in total. The standard InChI is InChI=1S/C17H24ClNO6/c1-9-6-11(13(20)21)7-17(12(9)18,14(22)23)10(2)8-19-15(24)25-16(3,4)5/h6,10H,7-8H2,1-5H3,(H,19,24)(H,20,21)(H,22,23)/t10?,17-/m0/s1. The average Bonchev–Trinajstić information content (AvgIpc) is 2.45. The van der Waals surface area contributed by atoms with Crippen molar-refractivity contribution in [3.63, 3.8) is 0 Å². The molecule has 0 heterocycles. The van der Waals surface area contributed by atoms with Gasteiger partial charge in [0.2, 0.25) is 0 Å². The van der Waals surface area contributed by atoms with E-state index in [0.29, 0.717) is 5.57 Å². The average molecular weight is 374 g/mol. The van der Waals surface area contributed by atoms with E-state index < -0.39 is 35.0 Å². The summed E-state index contributed by atoms with van der Waals surface area (Å²) in [5.41, 5.74) is -1.95. The van der Waals surface area contributed by atoms with Crippen molar-refractivity contribution < 1.29 is 29.3 Å². The summed E-state index contributed by atoms with van der Waals surface area (Å²) < 4.78 is 5.13. The van der Waals surface area contributed by atoms with Crippen LogP contribution in [0.15, 0.2) is 22.3 Å². The minimum Gasteiger partial charge on any atom is -0.481 e. The third-order valence-electron chi connectivity index (χ3n) is 4.05. The number of alkyl carbamates (subject to hydrolysis) is 1. The number of aliphatic carboxylic acids is 2. The molecule has 0 aromatic heterocycles. The molecule has 0 radical (unpaired) electrons. The molecule has 8 heteroatoms. The zero-order valence-electron chi connectivity index (χ0n) is 15.0. The van der Waals surface area contributed by atoms with E-state index >= 15 is 0 Å². The van der Waals surface area contributed by atoms with Crippen LogP contribution in [0.3, 0.4) is 0 Å². The second-order valence-corrected chi connectivity index (χ2v) is 7.59. The lowest BCUT2D eigenvalue weighted by Crippen LogP contribution is -2.46. The van der Waals surface area contributed by atoms with Gasteiger partial charge in [0.15, 0.2) is 0 Å². The van der Waals surface area contributed by atoms with E-state index in [0.717, 1.165) is 0 Å². The van der Waals surface area contributed by atoms with Gasteiger partial charge < -0.3 is 20.3 Å². The van der Waals surface area contributed by atoms with Gasteiger partial charge >= 0.3 is 18.0 Å². The molecule has 0 aliphatic heterocycles. The number of hydrogen-bond donors (Lipinski definition) is 3. The van der Waals surface area contributed by atoms with Crippen LogP contribution in [0, 0.1) is 11.3 Å². The van der Waals surface area contributed by atoms with E-state index in [1.54, 1.807) is 34.6 Å². The molecule has 25 heavy (non-hydrogen) atoms. The first-order valence-electron chi connectivity index (χ1n) is 7.82. The molecule has 7 nitrogen and oxygen atoms in total. The summed E-state index contributed by atoms with van der Waals surface area (Å²) in [6.45, 7) is 8.27. The third kappa shape index (κ3) is 4.75. The largest absolute Gasteiger partial charge is 0.481 e. The Bertz CT molecular complexity index is 646. The van der Waals surface area contributed by atoms with Crippen LogP contribution in [-0.2, 0) is 14.3 Å². The monoisotopic (exact) mass is 373 g/mol. The molecule has 0 bridgehead atoms. The SMILES string of the molecule is CC1=C(Cl)[C@@](C(=O)O)(C(C)CNC(=O)OC(C)(C)C)CC(C(=O)O)=C1. The Kier molecular flexibility index (Phi) is 6.28. The highest BCUT2D eigenvalue weighted by atomic mass is 35.5. The van der Waals surface area contributed by atoms with Crippen LogP contribution in [0.5, 0.6) is 0 Å². The van der Waals surface area contributed by atoms with Gasteiger partial charge in [0.25, 0.3) is 0 Å². The number of carboxylic acid groups (broad SMARTS) is 2. The summed E-state index contributed by atoms with van der Waals surface area (Å²) in [7, 11) is 0. The number of halogens is 1. The van der Waals surface area contributed by atoms with Crippen LogP contribution < -0.4 is 5.32 Å². The number of carboxylic acids is 2. The Balaban J connectivity index is 3.07. The van der Waals surface area contributed by atoms with Crippen molar-refractivity contribution in [2.45, 2.75) is 46.6 Å². The van der Waals surface area contributed by atoms with Gasteiger partial charge in [-0.2, -0.15) is 0 Å². The van der Waals surface area contributed by atoms with Crippen LogP contribution in [-0.4, -0.2) is 40.4 Å². The van der Waals surface area contributed by atoms with E-state index in [9.17, 15) is 24.6 Å². The van der Waals surface area contributed by atoms with E-state index in [-0.39, 0.29) is 23.6 Å². The highest BCUT2D eigenvalue weighted by Gasteiger charge is 2.50. The summed E-state index contributed by atoms with van der Waals surface area (Å²) in [6, 6.07) is 0. The summed E-state index contributed by atoms with van der Waals surface area (Å²) >= 11 is 6.29. The van der Waals surface area contributed by atoms with Crippen molar-refractivity contribution in [1.29, 1.82) is 0 Å². The molecule has 1 amide bonds. The van der Waals surface area contributed by atoms with Crippen LogP contribution in [0.2, 0.25) is 0 Å². The maximum atomic E-state index is 12.0. The highest BCUT2D eigenvalue weighted by molar-refractivity contribution is 6.32. The van der Waals surface area contributed by atoms with Crippen molar-refractivity contribution in [2.75, 3.05) is 6.54 Å². The van der Waals surface area contributed by atoms with E-state index in [2.05, 4.69) is 5.32 Å². The van der Waals surface area contributed by atoms with E-state index in [1.807, 2.05) is 0 Å². The molecule has 1 aliphatic carbocycles. The first kappa shape index (κ1) is 21.0. The molecule has 0 fully saturated rings. The Morgan fingerprint density at radius 3 is 2.36 bits per heavy atom. The minimum absolute atomic E-state index is 0.0301. The topological polar surface area (TPSA) is 113 Å². The molecule has 1 aliphatic rings. The number of ether oxygens (including phenoxy) is 1. The Hall–Kier alpha value is -2.02. The van der Waals surface area contributed by atoms with Crippen molar-refractivity contribution in [3.8, 4) is 0 Å². The highest BCUT2D eigenvalue weighted by Crippen LogP contribution is 2.48. The van der Waals surface area contributed by atoms with E-state index in [4.69, 9.17) is 16.3 Å². The van der Waals surface area contributed by atoms with Gasteiger partial charge in [-0.3, -0.25) is 4.79 Å². The molecule has 0 saturated heterocycles. The number of rotatable bonds is 5. The fourth-order valence-electron chi connectivity index (χ4n) is 2.74. The molecule has 0 aromatic rings. The normalized spacial score (nSPS) is 22.1. The summed E-state index contributed by atoms with van der Waals surface area (Å²) in [4.78, 5) is 35.2. The molecule has 0 saturated carbocycles. The molecular weight excluding hydrogens is 350 g/mol. The first-order chi connectivity index (χ1) is 11.3. The molecule has 0 aromatic carbocycles. The number of allylic oxidation sites excluding steroid dienone is 2. The van der Waals surface area contributed by atoms with Crippen molar-refractivity contribution >= 4 is 29.6 Å². The smallest absolute Gasteiger partial charge is 0.407 e. The summed E-state index contributed by atoms with van der Waals surface area (Å²) in [6.07, 6.45) is 0.437. The van der Waals surface area contributed by atoms with Gasteiger partial charge in [0, 0.05) is 23.6 Å². The minimum atomic E-state index is -1.62. The van der Waals surface area contributed by atoms with E-state index in [1.165, 1.54) is 6.08 Å². The Morgan fingerprint density at radius 2 is 1.92 bits per heavy atom. The lowest BCUT2D eigenvalue weighted by atomic mass is 9.68. The van der Waals surface area contributed by atoms with Crippen LogP contribution in [0.4, 0.5) is 4.79 Å². The molecule has 2 atom stereocenters. The quantitative estimate of drug-likeness (QED) is 0.682. The zero-order chi connectivity index (χ0) is 19.6. The number of hydrogen-bond acceptors (Lipinski definition) is 4. The lowest BCUT2D eigenvalue weighted by molar-refractivity contribution is -0.149. The Labute approximate surface area is 151 Å².